The maximum atomic E-state index is 12.0. The Hall–Kier alpha value is 0.200. The van der Waals surface area contributed by atoms with Crippen LogP contribution in [0.5, 0.6) is 0 Å². The Morgan fingerprint density at radius 3 is 1.81 bits per heavy atom. The van der Waals surface area contributed by atoms with Crippen molar-refractivity contribution in [1.29, 1.82) is 0 Å². The minimum Gasteiger partial charge on any atom is -0.371 e. The summed E-state index contributed by atoms with van der Waals surface area (Å²) in [6.07, 6.45) is -1.12. The second-order valence-corrected chi connectivity index (χ2v) is 5.29. The molecule has 96 valence electrons. The van der Waals surface area contributed by atoms with Crippen molar-refractivity contribution < 1.29 is 22.9 Å². The third kappa shape index (κ3) is 6.71. The molecule has 0 spiro atoms. The van der Waals surface area contributed by atoms with Crippen molar-refractivity contribution in [2.24, 2.45) is 0 Å². The van der Waals surface area contributed by atoms with Crippen LogP contribution in [0.4, 0.5) is 0 Å². The van der Waals surface area contributed by atoms with Crippen LogP contribution >= 0.6 is 31.0 Å². The molecule has 0 radical (unpaired) electrons. The number of rotatable bonds is 7. The number of carbonyl (C=O) groups excluding carboxylic acids is 1. The Morgan fingerprint density at radius 1 is 1.19 bits per heavy atom. The van der Waals surface area contributed by atoms with Crippen LogP contribution in [0.3, 0.4) is 0 Å². The summed E-state index contributed by atoms with van der Waals surface area (Å²) in [6.45, 7) is 4.27. The first-order valence-corrected chi connectivity index (χ1v) is 7.15. The zero-order chi connectivity index (χ0) is 12.8. The lowest BCUT2D eigenvalue weighted by atomic mass is 10.5. The van der Waals surface area contributed by atoms with E-state index in [1.807, 2.05) is 0 Å². The molecule has 0 aromatic rings. The monoisotopic (exact) mass is 292 g/mol. The van der Waals surface area contributed by atoms with Crippen molar-refractivity contribution >= 4 is 37.0 Å². The highest BCUT2D eigenvalue weighted by molar-refractivity contribution is 7.49. The van der Waals surface area contributed by atoms with Crippen molar-refractivity contribution in [2.75, 3.05) is 11.8 Å². The number of halogens is 2. The highest BCUT2D eigenvalue weighted by atomic mass is 35.5. The molecule has 0 aliphatic heterocycles. The van der Waals surface area contributed by atoms with E-state index in [4.69, 9.17) is 32.2 Å². The largest absolute Gasteiger partial charge is 0.532 e. The fourth-order valence-electron chi connectivity index (χ4n) is 0.722. The van der Waals surface area contributed by atoms with Gasteiger partial charge in [-0.25, -0.2) is 4.57 Å². The summed E-state index contributed by atoms with van der Waals surface area (Å²) < 4.78 is 26.4. The van der Waals surface area contributed by atoms with E-state index in [0.717, 1.165) is 6.92 Å². The molecule has 0 aromatic carbocycles. The number of hydrogen-bond acceptors (Lipinski definition) is 5. The van der Waals surface area contributed by atoms with Crippen molar-refractivity contribution in [3.8, 4) is 0 Å². The normalized spacial score (nSPS) is 18.6. The molecule has 0 N–H and O–H groups in total. The van der Waals surface area contributed by atoms with Crippen molar-refractivity contribution in [2.45, 2.75) is 33.0 Å². The van der Waals surface area contributed by atoms with Crippen LogP contribution in [0.1, 0.15) is 20.8 Å². The quantitative estimate of drug-likeness (QED) is 0.533. The lowest BCUT2D eigenvalue weighted by Crippen LogP contribution is -2.17. The molecule has 0 aliphatic rings. The highest BCUT2D eigenvalue weighted by Crippen LogP contribution is 2.51. The van der Waals surface area contributed by atoms with Crippen molar-refractivity contribution in [1.82, 2.24) is 0 Å². The summed E-state index contributed by atoms with van der Waals surface area (Å²) in [4.78, 5) is 10.8. The Kier molecular flexibility index (Phi) is 7.61. The number of phosphoric ester groups is 1. The van der Waals surface area contributed by atoms with Gasteiger partial charge in [-0.15, -0.1) is 23.2 Å². The summed E-state index contributed by atoms with van der Waals surface area (Å²) in [5.41, 5.74) is 0. The average molecular weight is 293 g/mol. The second kappa shape index (κ2) is 7.51. The molecule has 0 heterocycles. The molecule has 0 rings (SSSR count). The fourth-order valence-corrected chi connectivity index (χ4v) is 2.51. The Labute approximate surface area is 105 Å². The van der Waals surface area contributed by atoms with Gasteiger partial charge in [-0.1, -0.05) is 0 Å². The lowest BCUT2D eigenvalue weighted by Gasteiger charge is -2.21. The molecular weight excluding hydrogens is 278 g/mol. The van der Waals surface area contributed by atoms with Crippen LogP contribution in [-0.4, -0.2) is 29.9 Å². The van der Waals surface area contributed by atoms with Crippen LogP contribution in [0.2, 0.25) is 0 Å². The number of hydrogen-bond donors (Lipinski definition) is 0. The van der Waals surface area contributed by atoms with Gasteiger partial charge >= 0.3 is 13.8 Å². The van der Waals surface area contributed by atoms with Gasteiger partial charge in [-0.05, 0) is 13.8 Å². The molecule has 5 nitrogen and oxygen atoms in total. The van der Waals surface area contributed by atoms with Crippen LogP contribution in [0.25, 0.3) is 0 Å². The smallest absolute Gasteiger partial charge is 0.371 e. The van der Waals surface area contributed by atoms with Gasteiger partial charge in [0.15, 0.2) is 0 Å². The highest BCUT2D eigenvalue weighted by Gasteiger charge is 2.34. The van der Waals surface area contributed by atoms with Gasteiger partial charge in [0, 0.05) is 18.7 Å². The fraction of sp³-hybridized carbons (Fsp3) is 0.875. The molecule has 2 unspecified atom stereocenters. The summed E-state index contributed by atoms with van der Waals surface area (Å²) in [7, 11) is -3.94. The Balaban J connectivity index is 4.60. The van der Waals surface area contributed by atoms with Gasteiger partial charge in [-0.2, -0.15) is 0 Å². The van der Waals surface area contributed by atoms with Crippen LogP contribution < -0.4 is 0 Å². The zero-order valence-corrected chi connectivity index (χ0v) is 11.7. The van der Waals surface area contributed by atoms with E-state index in [9.17, 15) is 9.36 Å². The van der Waals surface area contributed by atoms with Gasteiger partial charge in [0.1, 0.15) is 0 Å². The summed E-state index contributed by atoms with van der Waals surface area (Å²) >= 11 is 11.0. The van der Waals surface area contributed by atoms with Gasteiger partial charge in [0.2, 0.25) is 0 Å². The molecule has 8 heteroatoms. The van der Waals surface area contributed by atoms with Crippen LogP contribution in [0, 0.1) is 0 Å². The van der Waals surface area contributed by atoms with E-state index in [-0.39, 0.29) is 11.8 Å². The summed E-state index contributed by atoms with van der Waals surface area (Å²) in [6, 6.07) is 0. The van der Waals surface area contributed by atoms with Gasteiger partial charge in [-0.3, -0.25) is 13.8 Å². The molecule has 0 saturated carbocycles. The average Bonchev–Trinajstić information content (AvgIpc) is 2.15. The lowest BCUT2D eigenvalue weighted by molar-refractivity contribution is -0.134. The first-order chi connectivity index (χ1) is 7.33. The molecule has 0 amide bonds. The van der Waals surface area contributed by atoms with Crippen molar-refractivity contribution in [3.63, 3.8) is 0 Å². The molecule has 0 bridgehead atoms. The number of phosphoric acid groups is 1. The standard InChI is InChI=1S/C8H15Cl2O5P/c1-6(4-9)13-16(12,15-8(3)11)14-7(2)5-10/h6-7H,4-5H2,1-3H3. The van der Waals surface area contributed by atoms with E-state index < -0.39 is 26.0 Å². The van der Waals surface area contributed by atoms with E-state index in [1.54, 1.807) is 13.8 Å². The van der Waals surface area contributed by atoms with Gasteiger partial charge < -0.3 is 4.52 Å². The second-order valence-electron chi connectivity index (χ2n) is 3.17. The number of alkyl halides is 2. The summed E-state index contributed by atoms with van der Waals surface area (Å²) in [5.74, 6) is -0.555. The minimum absolute atomic E-state index is 0.101. The molecule has 16 heavy (non-hydrogen) atoms. The van der Waals surface area contributed by atoms with Gasteiger partial charge in [0.25, 0.3) is 0 Å². The minimum atomic E-state index is -3.94. The Bertz CT molecular complexity index is 257. The SMILES string of the molecule is CC(=O)OP(=O)(OC(C)CCl)OC(C)CCl. The molecule has 2 atom stereocenters. The predicted molar refractivity (Wildman–Crippen MR) is 61.9 cm³/mol. The first-order valence-electron chi connectivity index (χ1n) is 4.62. The molecule has 0 aliphatic carbocycles. The maximum Gasteiger partial charge on any atom is 0.532 e. The van der Waals surface area contributed by atoms with E-state index in [2.05, 4.69) is 4.52 Å². The Morgan fingerprint density at radius 2 is 1.56 bits per heavy atom. The molecule has 0 saturated heterocycles. The van der Waals surface area contributed by atoms with Crippen LogP contribution in [-0.2, 0) is 22.9 Å². The first kappa shape index (κ1) is 16.2. The van der Waals surface area contributed by atoms with E-state index in [1.165, 1.54) is 0 Å². The zero-order valence-electron chi connectivity index (χ0n) is 9.31. The molecular formula is C8H15Cl2O5P. The topological polar surface area (TPSA) is 61.8 Å². The summed E-state index contributed by atoms with van der Waals surface area (Å²) in [5, 5.41) is 0. The van der Waals surface area contributed by atoms with Crippen LogP contribution in [0.15, 0.2) is 0 Å². The molecule has 0 fully saturated rings. The predicted octanol–water partition coefficient (Wildman–Crippen LogP) is 2.95. The molecule has 0 aromatic heterocycles. The maximum absolute atomic E-state index is 12.0. The third-order valence-electron chi connectivity index (χ3n) is 1.29. The number of carbonyl (C=O) groups is 1. The van der Waals surface area contributed by atoms with Gasteiger partial charge in [0.05, 0.1) is 12.2 Å². The van der Waals surface area contributed by atoms with E-state index >= 15 is 0 Å². The van der Waals surface area contributed by atoms with E-state index in [0.29, 0.717) is 0 Å². The third-order valence-corrected chi connectivity index (χ3v) is 3.88. The van der Waals surface area contributed by atoms with Crippen molar-refractivity contribution in [3.05, 3.63) is 0 Å².